The minimum atomic E-state index is -1.08. The molecule has 5 nitrogen and oxygen atoms in total. The lowest BCUT2D eigenvalue weighted by Crippen LogP contribution is -2.06. The second-order valence-electron chi connectivity index (χ2n) is 7.64. The van der Waals surface area contributed by atoms with Crippen molar-refractivity contribution in [2.45, 2.75) is 13.8 Å². The maximum absolute atomic E-state index is 13.7. The second-order valence-corrected chi connectivity index (χ2v) is 9.54. The molecule has 0 unspecified atom stereocenters. The van der Waals surface area contributed by atoms with E-state index in [1.165, 1.54) is 23.5 Å². The number of carbonyl (C=O) groups excluding carboxylic acids is 1. The number of aliphatic carboxylic acids is 1. The molecule has 0 bridgehead atoms. The van der Waals surface area contributed by atoms with Crippen LogP contribution < -0.4 is 4.74 Å². The highest BCUT2D eigenvalue weighted by atomic mass is 35.5. The van der Waals surface area contributed by atoms with Crippen LogP contribution in [0.5, 0.6) is 17.2 Å². The van der Waals surface area contributed by atoms with Gasteiger partial charge in [0.05, 0.1) is 5.02 Å². The smallest absolute Gasteiger partial charge is 0.328 e. The molecule has 0 aliphatic carbocycles. The third kappa shape index (κ3) is 4.80. The van der Waals surface area contributed by atoms with E-state index >= 15 is 0 Å². The van der Waals surface area contributed by atoms with Crippen LogP contribution in [-0.2, 0) is 4.79 Å². The molecule has 0 saturated carbocycles. The van der Waals surface area contributed by atoms with Crippen molar-refractivity contribution in [3.8, 4) is 17.2 Å². The number of aryl methyl sites for hydroxylation is 2. The third-order valence-electron chi connectivity index (χ3n) is 5.16. The predicted molar refractivity (Wildman–Crippen MR) is 136 cm³/mol. The quantitative estimate of drug-likeness (QED) is 0.204. The molecular formula is C26H18Cl2O5S. The van der Waals surface area contributed by atoms with Crippen molar-refractivity contribution < 1.29 is 24.5 Å². The first-order valence-corrected chi connectivity index (χ1v) is 11.7. The van der Waals surface area contributed by atoms with Crippen LogP contribution in [0.3, 0.4) is 0 Å². The Morgan fingerprint density at radius 3 is 2.35 bits per heavy atom. The predicted octanol–water partition coefficient (Wildman–Crippen LogP) is 7.65. The number of benzene rings is 3. The number of fused-ring (bicyclic) bond motifs is 1. The highest BCUT2D eigenvalue weighted by Gasteiger charge is 2.25. The fourth-order valence-electron chi connectivity index (χ4n) is 3.68. The molecule has 0 aliphatic rings. The van der Waals surface area contributed by atoms with E-state index in [9.17, 15) is 14.7 Å². The summed E-state index contributed by atoms with van der Waals surface area (Å²) in [5.74, 6) is -0.488. The number of hydrogen-bond donors (Lipinski definition) is 2. The summed E-state index contributed by atoms with van der Waals surface area (Å²) in [6.45, 7) is 3.66. The van der Waals surface area contributed by atoms with Gasteiger partial charge in [-0.2, -0.15) is 0 Å². The standard InChI is InChI=1S/C26H18Cl2O5S/c1-13-9-16(27)10-14(2)23(13)24(32)26-25(19-7-5-17(29)11-21(19)34-26)33-18-6-3-15(20(28)12-18)4-8-22(30)31/h3-12,29H,1-2H3,(H,30,31)/b8-4+. The number of phenols is 1. The highest BCUT2D eigenvalue weighted by Crippen LogP contribution is 2.43. The Bertz CT molecular complexity index is 1460. The van der Waals surface area contributed by atoms with Gasteiger partial charge in [-0.25, -0.2) is 4.79 Å². The van der Waals surface area contributed by atoms with E-state index in [4.69, 9.17) is 33.0 Å². The topological polar surface area (TPSA) is 83.8 Å². The number of carbonyl (C=O) groups is 2. The van der Waals surface area contributed by atoms with Crippen LogP contribution in [0.15, 0.2) is 54.6 Å². The van der Waals surface area contributed by atoms with Gasteiger partial charge in [-0.1, -0.05) is 23.2 Å². The minimum Gasteiger partial charge on any atom is -0.508 e. The van der Waals surface area contributed by atoms with Gasteiger partial charge in [0.2, 0.25) is 5.78 Å². The van der Waals surface area contributed by atoms with Gasteiger partial charge in [-0.05, 0) is 79.1 Å². The van der Waals surface area contributed by atoms with Crippen LogP contribution in [0.4, 0.5) is 0 Å². The summed E-state index contributed by atoms with van der Waals surface area (Å²) in [6, 6.07) is 13.1. The van der Waals surface area contributed by atoms with E-state index in [-0.39, 0.29) is 11.5 Å². The molecule has 0 spiro atoms. The first-order valence-electron chi connectivity index (χ1n) is 10.1. The zero-order valence-corrected chi connectivity index (χ0v) is 20.4. The Hall–Kier alpha value is -3.32. The summed E-state index contributed by atoms with van der Waals surface area (Å²) >= 11 is 13.7. The van der Waals surface area contributed by atoms with E-state index in [2.05, 4.69) is 0 Å². The number of rotatable bonds is 6. The molecule has 0 saturated heterocycles. The fourth-order valence-corrected chi connectivity index (χ4v) is 5.35. The van der Waals surface area contributed by atoms with Gasteiger partial charge >= 0.3 is 5.97 Å². The summed E-state index contributed by atoms with van der Waals surface area (Å²) in [6.07, 6.45) is 2.38. The first-order chi connectivity index (χ1) is 16.1. The lowest BCUT2D eigenvalue weighted by Gasteiger charge is -2.12. The number of carboxylic acids is 1. The van der Waals surface area contributed by atoms with E-state index in [1.54, 1.807) is 42.5 Å². The van der Waals surface area contributed by atoms with Crippen molar-refractivity contribution in [2.75, 3.05) is 0 Å². The SMILES string of the molecule is Cc1cc(Cl)cc(C)c1C(=O)c1sc2cc(O)ccc2c1Oc1ccc(/C=C/C(=O)O)c(Cl)c1. The summed E-state index contributed by atoms with van der Waals surface area (Å²) in [4.78, 5) is 24.8. The Morgan fingerprint density at radius 2 is 1.71 bits per heavy atom. The van der Waals surface area contributed by atoms with Crippen molar-refractivity contribution in [2.24, 2.45) is 0 Å². The van der Waals surface area contributed by atoms with Gasteiger partial charge in [0.1, 0.15) is 16.4 Å². The normalized spacial score (nSPS) is 11.3. The molecule has 4 aromatic rings. The molecule has 4 rings (SSSR count). The van der Waals surface area contributed by atoms with Gasteiger partial charge in [0.15, 0.2) is 5.75 Å². The molecule has 0 fully saturated rings. The van der Waals surface area contributed by atoms with Crippen LogP contribution in [0.1, 0.15) is 31.9 Å². The molecule has 0 radical (unpaired) electrons. The Kier molecular flexibility index (Phi) is 6.66. The van der Waals surface area contributed by atoms with Crippen molar-refractivity contribution in [3.63, 3.8) is 0 Å². The summed E-state index contributed by atoms with van der Waals surface area (Å²) in [5.41, 5.74) is 2.55. The van der Waals surface area contributed by atoms with E-state index < -0.39 is 5.97 Å². The van der Waals surface area contributed by atoms with Gasteiger partial charge < -0.3 is 14.9 Å². The van der Waals surface area contributed by atoms with Gasteiger partial charge in [-0.3, -0.25) is 4.79 Å². The lowest BCUT2D eigenvalue weighted by molar-refractivity contribution is -0.131. The van der Waals surface area contributed by atoms with E-state index in [1.807, 2.05) is 13.8 Å². The molecular weight excluding hydrogens is 495 g/mol. The summed E-state index contributed by atoms with van der Waals surface area (Å²) in [7, 11) is 0. The molecule has 1 aromatic heterocycles. The number of thiophene rings is 1. The highest BCUT2D eigenvalue weighted by molar-refractivity contribution is 7.21. The summed E-state index contributed by atoms with van der Waals surface area (Å²) < 4.78 is 6.86. The number of ether oxygens (including phenoxy) is 1. The monoisotopic (exact) mass is 512 g/mol. The molecule has 0 aliphatic heterocycles. The molecule has 1 heterocycles. The lowest BCUT2D eigenvalue weighted by atomic mass is 9.98. The van der Waals surface area contributed by atoms with Crippen molar-refractivity contribution in [3.05, 3.63) is 91.8 Å². The number of aromatic hydroxyl groups is 1. The van der Waals surface area contributed by atoms with Crippen LogP contribution >= 0.6 is 34.5 Å². The Labute approximate surface area is 209 Å². The molecule has 2 N–H and O–H groups in total. The van der Waals surface area contributed by atoms with Crippen LogP contribution in [0, 0.1) is 13.8 Å². The number of halogens is 2. The van der Waals surface area contributed by atoms with E-state index in [0.717, 1.165) is 17.2 Å². The number of carboxylic acid groups (broad SMARTS) is 1. The van der Waals surface area contributed by atoms with Crippen LogP contribution in [0.2, 0.25) is 10.0 Å². The first kappa shape index (κ1) is 23.8. The molecule has 0 amide bonds. The van der Waals surface area contributed by atoms with E-state index in [0.29, 0.717) is 47.6 Å². The maximum atomic E-state index is 13.7. The molecule has 172 valence electrons. The van der Waals surface area contributed by atoms with Crippen LogP contribution in [0.25, 0.3) is 16.2 Å². The number of ketones is 1. The molecule has 34 heavy (non-hydrogen) atoms. The zero-order chi connectivity index (χ0) is 24.6. The second kappa shape index (κ2) is 9.50. The average molecular weight is 513 g/mol. The minimum absolute atomic E-state index is 0.0794. The molecule has 3 aromatic carbocycles. The molecule has 8 heteroatoms. The van der Waals surface area contributed by atoms with Crippen molar-refractivity contribution in [1.82, 2.24) is 0 Å². The van der Waals surface area contributed by atoms with Gasteiger partial charge in [0.25, 0.3) is 0 Å². The van der Waals surface area contributed by atoms with Crippen LogP contribution in [-0.4, -0.2) is 22.0 Å². The average Bonchev–Trinajstić information content (AvgIpc) is 3.09. The Balaban J connectivity index is 1.82. The maximum Gasteiger partial charge on any atom is 0.328 e. The largest absolute Gasteiger partial charge is 0.508 e. The zero-order valence-electron chi connectivity index (χ0n) is 18.1. The van der Waals surface area contributed by atoms with Gasteiger partial charge in [0, 0.05) is 32.8 Å². The molecule has 0 atom stereocenters. The fraction of sp³-hybridized carbons (Fsp3) is 0.0769. The summed E-state index contributed by atoms with van der Waals surface area (Å²) in [5, 5.41) is 20.3. The Morgan fingerprint density at radius 1 is 1.00 bits per heavy atom. The van der Waals surface area contributed by atoms with Crippen molar-refractivity contribution in [1.29, 1.82) is 0 Å². The van der Waals surface area contributed by atoms with Gasteiger partial charge in [-0.15, -0.1) is 11.3 Å². The third-order valence-corrected chi connectivity index (χ3v) is 6.83. The number of hydrogen-bond acceptors (Lipinski definition) is 5. The number of phenolic OH excluding ortho intramolecular Hbond substituents is 1. The van der Waals surface area contributed by atoms with Crippen molar-refractivity contribution >= 4 is 62.5 Å².